The number of rotatable bonds is 7. The van der Waals surface area contributed by atoms with Crippen molar-refractivity contribution in [2.75, 3.05) is 44.6 Å². The van der Waals surface area contributed by atoms with Crippen LogP contribution in [0.1, 0.15) is 44.9 Å². The van der Waals surface area contributed by atoms with Gasteiger partial charge in [0.05, 0.1) is 0 Å². The minimum absolute atomic E-state index is 0.988. The molecule has 0 aromatic heterocycles. The highest BCUT2D eigenvalue weighted by molar-refractivity contribution is 9.09. The zero-order chi connectivity index (χ0) is 12.6. The first-order chi connectivity index (χ1) is 8.88. The van der Waals surface area contributed by atoms with Crippen molar-refractivity contribution < 1.29 is 0 Å². The molecule has 0 spiro atoms. The molecule has 0 amide bonds. The molecule has 0 aromatic carbocycles. The molecule has 0 aromatic rings. The maximum absolute atomic E-state index is 3.51. The fourth-order valence-corrected chi connectivity index (χ4v) is 3.73. The second-order valence-electron chi connectivity index (χ2n) is 6.04. The van der Waals surface area contributed by atoms with Crippen molar-refractivity contribution in [3.05, 3.63) is 0 Å². The number of piperidine rings is 1. The molecule has 0 bridgehead atoms. The highest BCUT2D eigenvalue weighted by Crippen LogP contribution is 2.20. The first kappa shape index (κ1) is 14.8. The predicted molar refractivity (Wildman–Crippen MR) is 82.5 cm³/mol. The van der Waals surface area contributed by atoms with Gasteiger partial charge in [0.2, 0.25) is 0 Å². The average Bonchev–Trinajstić information content (AvgIpc) is 2.89. The Hall–Kier alpha value is 0.400. The number of unbranched alkanes of at least 4 members (excludes halogenated alkanes) is 2. The van der Waals surface area contributed by atoms with Crippen molar-refractivity contribution in [1.29, 1.82) is 0 Å². The lowest BCUT2D eigenvalue weighted by molar-refractivity contribution is 0.152. The third-order valence-corrected chi connectivity index (χ3v) is 5.09. The van der Waals surface area contributed by atoms with Crippen LogP contribution in [0.3, 0.4) is 0 Å². The van der Waals surface area contributed by atoms with Crippen LogP contribution in [0.15, 0.2) is 0 Å². The molecule has 3 heteroatoms. The lowest BCUT2D eigenvalue weighted by Crippen LogP contribution is -2.38. The Labute approximate surface area is 121 Å². The average molecular weight is 317 g/mol. The van der Waals surface area contributed by atoms with Crippen molar-refractivity contribution in [3.63, 3.8) is 0 Å². The summed E-state index contributed by atoms with van der Waals surface area (Å²) in [6, 6.07) is 0. The molecule has 2 rings (SSSR count). The SMILES string of the molecule is BrCCCCCN1CCC(CN2CCCC2)CC1. The molecule has 0 N–H and O–H groups in total. The Morgan fingerprint density at radius 2 is 1.56 bits per heavy atom. The topological polar surface area (TPSA) is 6.48 Å². The molecule has 2 fully saturated rings. The molecular weight excluding hydrogens is 288 g/mol. The molecule has 0 aliphatic carbocycles. The van der Waals surface area contributed by atoms with Gasteiger partial charge in [-0.3, -0.25) is 0 Å². The van der Waals surface area contributed by atoms with Gasteiger partial charge >= 0.3 is 0 Å². The third-order valence-electron chi connectivity index (χ3n) is 4.53. The number of halogens is 1. The summed E-state index contributed by atoms with van der Waals surface area (Å²) in [6.45, 7) is 8.17. The minimum atomic E-state index is 0.988. The van der Waals surface area contributed by atoms with E-state index in [1.807, 2.05) is 0 Å². The Morgan fingerprint density at radius 3 is 2.22 bits per heavy atom. The summed E-state index contributed by atoms with van der Waals surface area (Å²) in [4.78, 5) is 5.38. The number of hydrogen-bond donors (Lipinski definition) is 0. The van der Waals surface area contributed by atoms with E-state index in [0.29, 0.717) is 0 Å². The van der Waals surface area contributed by atoms with Gasteiger partial charge in [-0.05, 0) is 77.2 Å². The summed E-state index contributed by atoms with van der Waals surface area (Å²) in [7, 11) is 0. The summed E-state index contributed by atoms with van der Waals surface area (Å²) < 4.78 is 0. The second-order valence-corrected chi connectivity index (χ2v) is 6.84. The fourth-order valence-electron chi connectivity index (χ4n) is 3.33. The van der Waals surface area contributed by atoms with Crippen molar-refractivity contribution in [3.8, 4) is 0 Å². The largest absolute Gasteiger partial charge is 0.303 e. The molecule has 106 valence electrons. The van der Waals surface area contributed by atoms with Crippen LogP contribution in [0.5, 0.6) is 0 Å². The number of nitrogens with zero attached hydrogens (tertiary/aromatic N) is 2. The Balaban J connectivity index is 1.53. The van der Waals surface area contributed by atoms with E-state index in [9.17, 15) is 0 Å². The number of alkyl halides is 1. The summed E-state index contributed by atoms with van der Waals surface area (Å²) in [5, 5.41) is 1.17. The van der Waals surface area contributed by atoms with Crippen LogP contribution in [0.4, 0.5) is 0 Å². The minimum Gasteiger partial charge on any atom is -0.303 e. The van der Waals surface area contributed by atoms with E-state index in [1.165, 1.54) is 89.5 Å². The molecule has 2 aliphatic rings. The summed E-state index contributed by atoms with van der Waals surface area (Å²) in [6.07, 6.45) is 9.87. The van der Waals surface area contributed by atoms with E-state index < -0.39 is 0 Å². The van der Waals surface area contributed by atoms with Crippen LogP contribution in [0, 0.1) is 5.92 Å². The van der Waals surface area contributed by atoms with E-state index in [1.54, 1.807) is 0 Å². The first-order valence-electron chi connectivity index (χ1n) is 7.89. The van der Waals surface area contributed by atoms with Crippen molar-refractivity contribution in [1.82, 2.24) is 9.80 Å². The van der Waals surface area contributed by atoms with Gasteiger partial charge in [0, 0.05) is 11.9 Å². The number of likely N-dealkylation sites (tertiary alicyclic amines) is 2. The van der Waals surface area contributed by atoms with Gasteiger partial charge in [0.25, 0.3) is 0 Å². The van der Waals surface area contributed by atoms with E-state index in [-0.39, 0.29) is 0 Å². The van der Waals surface area contributed by atoms with Gasteiger partial charge in [-0.25, -0.2) is 0 Å². The Kier molecular flexibility index (Phi) is 7.03. The smallest absolute Gasteiger partial charge is 0.00313 e. The lowest BCUT2D eigenvalue weighted by Gasteiger charge is -2.33. The predicted octanol–water partition coefficient (Wildman–Crippen LogP) is 3.36. The molecule has 0 atom stereocenters. The van der Waals surface area contributed by atoms with Gasteiger partial charge < -0.3 is 9.80 Å². The zero-order valence-electron chi connectivity index (χ0n) is 11.7. The molecular formula is C15H29BrN2. The van der Waals surface area contributed by atoms with Crippen LogP contribution in [-0.2, 0) is 0 Å². The molecule has 2 aliphatic heterocycles. The highest BCUT2D eigenvalue weighted by Gasteiger charge is 2.22. The normalized spacial score (nSPS) is 23.8. The van der Waals surface area contributed by atoms with Crippen molar-refractivity contribution in [2.24, 2.45) is 5.92 Å². The molecule has 0 saturated carbocycles. The van der Waals surface area contributed by atoms with Gasteiger partial charge in [-0.1, -0.05) is 22.4 Å². The maximum atomic E-state index is 3.51. The van der Waals surface area contributed by atoms with E-state index in [2.05, 4.69) is 25.7 Å². The molecule has 2 saturated heterocycles. The van der Waals surface area contributed by atoms with Gasteiger partial charge in [-0.2, -0.15) is 0 Å². The summed E-state index contributed by atoms with van der Waals surface area (Å²) in [5.74, 6) is 0.988. The Morgan fingerprint density at radius 1 is 0.833 bits per heavy atom. The molecule has 18 heavy (non-hydrogen) atoms. The van der Waals surface area contributed by atoms with Crippen LogP contribution in [-0.4, -0.2) is 54.4 Å². The third kappa shape index (κ3) is 5.18. The standard InChI is InChI=1S/C15H29BrN2/c16-8-2-1-3-9-17-12-6-15(7-13-17)14-18-10-4-5-11-18/h15H,1-14H2. The molecule has 0 unspecified atom stereocenters. The quantitative estimate of drug-likeness (QED) is 0.525. The molecule has 0 radical (unpaired) electrons. The zero-order valence-corrected chi connectivity index (χ0v) is 13.3. The van der Waals surface area contributed by atoms with Crippen LogP contribution >= 0.6 is 15.9 Å². The van der Waals surface area contributed by atoms with E-state index >= 15 is 0 Å². The first-order valence-corrected chi connectivity index (χ1v) is 9.01. The molecule has 2 heterocycles. The summed E-state index contributed by atoms with van der Waals surface area (Å²) >= 11 is 3.51. The van der Waals surface area contributed by atoms with E-state index in [0.717, 1.165) is 5.92 Å². The summed E-state index contributed by atoms with van der Waals surface area (Å²) in [5.41, 5.74) is 0. The van der Waals surface area contributed by atoms with Gasteiger partial charge in [0.15, 0.2) is 0 Å². The van der Waals surface area contributed by atoms with Gasteiger partial charge in [0.1, 0.15) is 0 Å². The number of hydrogen-bond acceptors (Lipinski definition) is 2. The Bertz CT molecular complexity index is 209. The van der Waals surface area contributed by atoms with Crippen LogP contribution < -0.4 is 0 Å². The van der Waals surface area contributed by atoms with E-state index in [4.69, 9.17) is 0 Å². The van der Waals surface area contributed by atoms with Crippen molar-refractivity contribution >= 4 is 15.9 Å². The van der Waals surface area contributed by atoms with Gasteiger partial charge in [-0.15, -0.1) is 0 Å². The second kappa shape index (κ2) is 8.55. The van der Waals surface area contributed by atoms with Crippen molar-refractivity contribution in [2.45, 2.75) is 44.9 Å². The highest BCUT2D eigenvalue weighted by atomic mass is 79.9. The van der Waals surface area contributed by atoms with Crippen LogP contribution in [0.2, 0.25) is 0 Å². The fraction of sp³-hybridized carbons (Fsp3) is 1.00. The molecule has 2 nitrogen and oxygen atoms in total. The maximum Gasteiger partial charge on any atom is 0.00313 e. The van der Waals surface area contributed by atoms with Crippen LogP contribution in [0.25, 0.3) is 0 Å². The monoisotopic (exact) mass is 316 g/mol. The lowest BCUT2D eigenvalue weighted by atomic mass is 9.96.